The molecular formula is C14H17NO3S. The Bertz CT molecular complexity index is 519. The average Bonchev–Trinajstić information content (AvgIpc) is 3.06. The zero-order valence-electron chi connectivity index (χ0n) is 11.1. The number of nitrogens with zero attached hydrogens (tertiary/aromatic N) is 1. The second kappa shape index (κ2) is 6.54. The van der Waals surface area contributed by atoms with Crippen molar-refractivity contribution in [3.63, 3.8) is 0 Å². The first-order valence-electron chi connectivity index (χ1n) is 6.14. The molecule has 2 aromatic rings. The molecule has 2 heterocycles. The van der Waals surface area contributed by atoms with Crippen LogP contribution in [-0.4, -0.2) is 24.5 Å². The minimum Gasteiger partial charge on any atom is -0.453 e. The van der Waals surface area contributed by atoms with Gasteiger partial charge < -0.3 is 14.1 Å². The van der Waals surface area contributed by atoms with Gasteiger partial charge in [0, 0.05) is 18.5 Å². The first-order valence-corrected chi connectivity index (χ1v) is 7.02. The molecule has 0 unspecified atom stereocenters. The molecule has 2 aromatic heterocycles. The van der Waals surface area contributed by atoms with E-state index in [0.717, 1.165) is 0 Å². The lowest BCUT2D eigenvalue weighted by Crippen LogP contribution is -2.29. The van der Waals surface area contributed by atoms with E-state index < -0.39 is 0 Å². The fourth-order valence-electron chi connectivity index (χ4n) is 1.79. The first-order chi connectivity index (χ1) is 9.24. The van der Waals surface area contributed by atoms with Crippen molar-refractivity contribution >= 4 is 17.2 Å². The molecule has 1 amide bonds. The zero-order chi connectivity index (χ0) is 13.7. The van der Waals surface area contributed by atoms with Crippen LogP contribution in [0.5, 0.6) is 0 Å². The maximum absolute atomic E-state index is 12.3. The van der Waals surface area contributed by atoms with Crippen molar-refractivity contribution in [1.82, 2.24) is 4.90 Å². The molecule has 0 spiro atoms. The average molecular weight is 279 g/mol. The molecule has 0 aliphatic rings. The number of hydrogen-bond donors (Lipinski definition) is 0. The number of rotatable bonds is 6. The molecule has 19 heavy (non-hydrogen) atoms. The van der Waals surface area contributed by atoms with Crippen molar-refractivity contribution in [1.29, 1.82) is 0 Å². The lowest BCUT2D eigenvalue weighted by atomic mass is 10.3. The molecule has 0 atom stereocenters. The van der Waals surface area contributed by atoms with E-state index in [9.17, 15) is 4.79 Å². The van der Waals surface area contributed by atoms with E-state index >= 15 is 0 Å². The van der Waals surface area contributed by atoms with Crippen molar-refractivity contribution in [2.75, 3.05) is 13.7 Å². The van der Waals surface area contributed by atoms with Crippen LogP contribution in [0.15, 0.2) is 34.1 Å². The zero-order valence-corrected chi connectivity index (χ0v) is 11.9. The molecular weight excluding hydrogens is 262 g/mol. The fourth-order valence-corrected chi connectivity index (χ4v) is 2.51. The van der Waals surface area contributed by atoms with Gasteiger partial charge in [0.2, 0.25) is 0 Å². The summed E-state index contributed by atoms with van der Waals surface area (Å²) in [6, 6.07) is 7.49. The van der Waals surface area contributed by atoms with E-state index in [1.807, 2.05) is 24.4 Å². The topological polar surface area (TPSA) is 42.7 Å². The van der Waals surface area contributed by atoms with Gasteiger partial charge in [-0.3, -0.25) is 4.79 Å². The van der Waals surface area contributed by atoms with Crippen molar-refractivity contribution < 1.29 is 13.9 Å². The lowest BCUT2D eigenvalue weighted by Gasteiger charge is -2.18. The standard InChI is InChI=1S/C14H17NO3S/c1-3-15(9-12-5-4-8-19-12)14(16)13-7-6-11(18-13)10-17-2/h4-8H,3,9-10H2,1-2H3. The summed E-state index contributed by atoms with van der Waals surface area (Å²) in [6.07, 6.45) is 0. The monoisotopic (exact) mass is 279 g/mol. The summed E-state index contributed by atoms with van der Waals surface area (Å²) < 4.78 is 10.5. The SMILES string of the molecule is CCN(Cc1cccs1)C(=O)c1ccc(COC)o1. The van der Waals surface area contributed by atoms with Crippen LogP contribution < -0.4 is 0 Å². The maximum Gasteiger partial charge on any atom is 0.289 e. The summed E-state index contributed by atoms with van der Waals surface area (Å²) in [6.45, 7) is 3.61. The summed E-state index contributed by atoms with van der Waals surface area (Å²) in [5, 5.41) is 2.01. The third-order valence-electron chi connectivity index (χ3n) is 2.75. The lowest BCUT2D eigenvalue weighted by molar-refractivity contribution is 0.0714. The summed E-state index contributed by atoms with van der Waals surface area (Å²) in [5.74, 6) is 0.946. The summed E-state index contributed by atoms with van der Waals surface area (Å²) in [5.41, 5.74) is 0. The van der Waals surface area contributed by atoms with Crippen LogP contribution in [0, 0.1) is 0 Å². The van der Waals surface area contributed by atoms with E-state index in [4.69, 9.17) is 9.15 Å². The highest BCUT2D eigenvalue weighted by molar-refractivity contribution is 7.09. The summed E-state index contributed by atoms with van der Waals surface area (Å²) in [7, 11) is 1.60. The second-order valence-electron chi connectivity index (χ2n) is 4.10. The van der Waals surface area contributed by atoms with E-state index in [1.165, 1.54) is 4.88 Å². The van der Waals surface area contributed by atoms with Gasteiger partial charge in [-0.25, -0.2) is 0 Å². The van der Waals surface area contributed by atoms with Gasteiger partial charge in [0.15, 0.2) is 5.76 Å². The smallest absolute Gasteiger partial charge is 0.289 e. The van der Waals surface area contributed by atoms with Gasteiger partial charge in [-0.05, 0) is 30.5 Å². The Balaban J connectivity index is 2.06. The van der Waals surface area contributed by atoms with Crippen LogP contribution in [-0.2, 0) is 17.9 Å². The Morgan fingerprint density at radius 2 is 2.26 bits per heavy atom. The number of hydrogen-bond acceptors (Lipinski definition) is 4. The Kier molecular flexibility index (Phi) is 4.76. The molecule has 0 aromatic carbocycles. The van der Waals surface area contributed by atoms with E-state index in [0.29, 0.717) is 31.2 Å². The van der Waals surface area contributed by atoms with Crippen LogP contribution in [0.4, 0.5) is 0 Å². The van der Waals surface area contributed by atoms with Crippen LogP contribution in [0.2, 0.25) is 0 Å². The number of thiophene rings is 1. The molecule has 0 saturated heterocycles. The van der Waals surface area contributed by atoms with Gasteiger partial charge in [0.25, 0.3) is 5.91 Å². The Labute approximate surface area is 116 Å². The first kappa shape index (κ1) is 13.8. The predicted octanol–water partition coefficient (Wildman–Crippen LogP) is 3.15. The normalized spacial score (nSPS) is 10.6. The second-order valence-corrected chi connectivity index (χ2v) is 5.13. The molecule has 4 nitrogen and oxygen atoms in total. The molecule has 0 fully saturated rings. The number of carbonyl (C=O) groups excluding carboxylic acids is 1. The van der Waals surface area contributed by atoms with Crippen LogP contribution >= 0.6 is 11.3 Å². The van der Waals surface area contributed by atoms with Gasteiger partial charge in [-0.2, -0.15) is 0 Å². The van der Waals surface area contributed by atoms with Gasteiger partial charge in [0.1, 0.15) is 12.4 Å². The molecule has 0 bridgehead atoms. The van der Waals surface area contributed by atoms with Crippen LogP contribution in [0.1, 0.15) is 28.1 Å². The van der Waals surface area contributed by atoms with Crippen molar-refractivity contribution in [2.24, 2.45) is 0 Å². The highest BCUT2D eigenvalue weighted by atomic mass is 32.1. The number of furan rings is 1. The van der Waals surface area contributed by atoms with E-state index in [-0.39, 0.29) is 5.91 Å². The quantitative estimate of drug-likeness (QED) is 0.815. The Morgan fingerprint density at radius 1 is 1.42 bits per heavy atom. The third kappa shape index (κ3) is 3.45. The summed E-state index contributed by atoms with van der Waals surface area (Å²) >= 11 is 1.65. The number of methoxy groups -OCH3 is 1. The third-order valence-corrected chi connectivity index (χ3v) is 3.62. The van der Waals surface area contributed by atoms with Crippen molar-refractivity contribution in [2.45, 2.75) is 20.1 Å². The molecule has 0 aliphatic heterocycles. The number of carbonyl (C=O) groups is 1. The Morgan fingerprint density at radius 3 is 2.89 bits per heavy atom. The maximum atomic E-state index is 12.3. The highest BCUT2D eigenvalue weighted by Gasteiger charge is 2.18. The molecule has 0 saturated carbocycles. The highest BCUT2D eigenvalue weighted by Crippen LogP contribution is 2.16. The predicted molar refractivity (Wildman–Crippen MR) is 74.2 cm³/mol. The molecule has 0 radical (unpaired) electrons. The molecule has 0 N–H and O–H groups in total. The fraction of sp³-hybridized carbons (Fsp3) is 0.357. The minimum atomic E-state index is -0.0850. The van der Waals surface area contributed by atoms with Gasteiger partial charge in [0.05, 0.1) is 6.54 Å². The van der Waals surface area contributed by atoms with Gasteiger partial charge in [-0.15, -0.1) is 11.3 Å². The van der Waals surface area contributed by atoms with Gasteiger partial charge >= 0.3 is 0 Å². The minimum absolute atomic E-state index is 0.0850. The van der Waals surface area contributed by atoms with E-state index in [2.05, 4.69) is 0 Å². The largest absolute Gasteiger partial charge is 0.453 e. The summed E-state index contributed by atoms with van der Waals surface area (Å²) in [4.78, 5) is 15.2. The van der Waals surface area contributed by atoms with Crippen molar-refractivity contribution in [3.8, 4) is 0 Å². The molecule has 5 heteroatoms. The van der Waals surface area contributed by atoms with Crippen molar-refractivity contribution in [3.05, 3.63) is 46.0 Å². The molecule has 102 valence electrons. The Hall–Kier alpha value is -1.59. The van der Waals surface area contributed by atoms with Crippen LogP contribution in [0.25, 0.3) is 0 Å². The number of amides is 1. The molecule has 2 rings (SSSR count). The molecule has 0 aliphatic carbocycles. The van der Waals surface area contributed by atoms with Crippen LogP contribution in [0.3, 0.4) is 0 Å². The van der Waals surface area contributed by atoms with Gasteiger partial charge in [-0.1, -0.05) is 6.07 Å². The van der Waals surface area contributed by atoms with E-state index in [1.54, 1.807) is 35.5 Å². The number of ether oxygens (including phenoxy) is 1.